The number of benzene rings is 1. The fourth-order valence-corrected chi connectivity index (χ4v) is 1.94. The van der Waals surface area contributed by atoms with Crippen molar-refractivity contribution in [1.29, 1.82) is 0 Å². The summed E-state index contributed by atoms with van der Waals surface area (Å²) in [5, 5.41) is 4.28. The van der Waals surface area contributed by atoms with E-state index in [1.807, 2.05) is 24.3 Å². The minimum Gasteiger partial charge on any atom is -0.497 e. The lowest BCUT2D eigenvalue weighted by atomic mass is 10.1. The van der Waals surface area contributed by atoms with E-state index in [9.17, 15) is 0 Å². The van der Waals surface area contributed by atoms with E-state index in [1.165, 1.54) is 0 Å². The Morgan fingerprint density at radius 2 is 1.89 bits per heavy atom. The van der Waals surface area contributed by atoms with Crippen molar-refractivity contribution in [3.63, 3.8) is 0 Å². The summed E-state index contributed by atoms with van der Waals surface area (Å²) in [4.78, 5) is 0. The second-order valence-corrected chi connectivity index (χ2v) is 4.25. The first kappa shape index (κ1) is 13.2. The molecule has 0 aliphatic rings. The maximum atomic E-state index is 6.10. The van der Waals surface area contributed by atoms with Crippen LogP contribution in [0.4, 0.5) is 11.6 Å². The van der Waals surface area contributed by atoms with Gasteiger partial charge in [-0.15, -0.1) is 5.10 Å². The maximum Gasteiger partial charge on any atom is 0.151 e. The van der Waals surface area contributed by atoms with Crippen LogP contribution in [0.1, 0.15) is 12.0 Å². The fourth-order valence-electron chi connectivity index (χ4n) is 1.94. The summed E-state index contributed by atoms with van der Waals surface area (Å²) in [5.41, 5.74) is 19.2. The van der Waals surface area contributed by atoms with Crippen molar-refractivity contribution >= 4 is 11.6 Å². The van der Waals surface area contributed by atoms with Gasteiger partial charge in [-0.05, 0) is 43.7 Å². The Labute approximate surface area is 112 Å². The molecule has 0 atom stereocenters. The highest BCUT2D eigenvalue weighted by atomic mass is 16.5. The van der Waals surface area contributed by atoms with Gasteiger partial charge in [0, 0.05) is 5.56 Å². The number of nitrogens with zero attached hydrogens (tertiary/aromatic N) is 2. The molecular weight excluding hydrogens is 242 g/mol. The van der Waals surface area contributed by atoms with Crippen LogP contribution in [-0.2, 0) is 6.42 Å². The minimum atomic E-state index is 0.460. The molecule has 0 aliphatic heterocycles. The topological polar surface area (TPSA) is 105 Å². The highest BCUT2D eigenvalue weighted by Gasteiger charge is 2.13. The van der Waals surface area contributed by atoms with Gasteiger partial charge in [0.05, 0.1) is 12.8 Å². The lowest BCUT2D eigenvalue weighted by Gasteiger charge is -2.06. The smallest absolute Gasteiger partial charge is 0.151 e. The summed E-state index contributed by atoms with van der Waals surface area (Å²) in [6.07, 6.45) is 1.58. The quantitative estimate of drug-likeness (QED) is 0.742. The largest absolute Gasteiger partial charge is 0.497 e. The molecule has 19 heavy (non-hydrogen) atoms. The summed E-state index contributed by atoms with van der Waals surface area (Å²) >= 11 is 0. The van der Waals surface area contributed by atoms with Crippen molar-refractivity contribution in [2.75, 3.05) is 25.1 Å². The fraction of sp³-hybridized carbons (Fsp3) is 0.308. The molecule has 0 unspecified atom stereocenters. The van der Waals surface area contributed by atoms with Crippen molar-refractivity contribution in [3.05, 3.63) is 29.8 Å². The Kier molecular flexibility index (Phi) is 3.91. The van der Waals surface area contributed by atoms with Gasteiger partial charge in [-0.1, -0.05) is 0 Å². The number of rotatable bonds is 5. The summed E-state index contributed by atoms with van der Waals surface area (Å²) in [6.45, 7) is 0.604. The third-order valence-corrected chi connectivity index (χ3v) is 3.00. The molecule has 102 valence electrons. The number of aromatic nitrogens is 2. The molecule has 1 aromatic carbocycles. The van der Waals surface area contributed by atoms with Gasteiger partial charge in [0.1, 0.15) is 11.6 Å². The van der Waals surface area contributed by atoms with E-state index in [1.54, 1.807) is 11.8 Å². The first-order chi connectivity index (χ1) is 9.17. The number of nitrogens with two attached hydrogens (primary N) is 3. The highest BCUT2D eigenvalue weighted by Crippen LogP contribution is 2.25. The van der Waals surface area contributed by atoms with E-state index in [0.29, 0.717) is 18.2 Å². The molecule has 0 amide bonds. The molecule has 0 bridgehead atoms. The number of ether oxygens (including phenoxy) is 1. The Hall–Kier alpha value is -2.21. The van der Waals surface area contributed by atoms with Gasteiger partial charge in [-0.25, -0.2) is 4.68 Å². The van der Waals surface area contributed by atoms with Crippen molar-refractivity contribution < 1.29 is 4.74 Å². The molecule has 0 aliphatic carbocycles. The van der Waals surface area contributed by atoms with E-state index in [0.717, 1.165) is 29.8 Å². The predicted molar refractivity (Wildman–Crippen MR) is 76.3 cm³/mol. The van der Waals surface area contributed by atoms with Gasteiger partial charge in [-0.2, -0.15) is 0 Å². The third-order valence-electron chi connectivity index (χ3n) is 3.00. The number of hydrogen-bond donors (Lipinski definition) is 3. The van der Waals surface area contributed by atoms with E-state index in [2.05, 4.69) is 5.10 Å². The van der Waals surface area contributed by atoms with Gasteiger partial charge < -0.3 is 21.9 Å². The Balaban J connectivity index is 2.33. The molecule has 0 fully saturated rings. The molecule has 6 N–H and O–H groups in total. The second-order valence-electron chi connectivity index (χ2n) is 4.25. The van der Waals surface area contributed by atoms with Crippen LogP contribution < -0.4 is 21.9 Å². The molecule has 1 aromatic heterocycles. The predicted octanol–water partition coefficient (Wildman–Crippen LogP) is 0.937. The zero-order chi connectivity index (χ0) is 13.8. The zero-order valence-corrected chi connectivity index (χ0v) is 11.0. The number of methoxy groups -OCH3 is 1. The van der Waals surface area contributed by atoms with Crippen LogP contribution in [0.15, 0.2) is 24.3 Å². The number of hydrogen-bond acceptors (Lipinski definition) is 5. The first-order valence-electron chi connectivity index (χ1n) is 6.14. The zero-order valence-electron chi connectivity index (χ0n) is 11.0. The Morgan fingerprint density at radius 1 is 1.21 bits per heavy atom. The average molecular weight is 261 g/mol. The molecule has 2 rings (SSSR count). The monoisotopic (exact) mass is 261 g/mol. The van der Waals surface area contributed by atoms with Gasteiger partial charge in [0.2, 0.25) is 0 Å². The van der Waals surface area contributed by atoms with Crippen molar-refractivity contribution in [1.82, 2.24) is 9.78 Å². The molecule has 6 nitrogen and oxygen atoms in total. The van der Waals surface area contributed by atoms with Gasteiger partial charge in [0.25, 0.3) is 0 Å². The van der Waals surface area contributed by atoms with Crippen molar-refractivity contribution in [3.8, 4) is 11.4 Å². The van der Waals surface area contributed by atoms with E-state index < -0.39 is 0 Å². The lowest BCUT2D eigenvalue weighted by Crippen LogP contribution is -2.05. The van der Waals surface area contributed by atoms with Crippen LogP contribution in [0.3, 0.4) is 0 Å². The summed E-state index contributed by atoms with van der Waals surface area (Å²) < 4.78 is 6.76. The summed E-state index contributed by atoms with van der Waals surface area (Å²) in [6, 6.07) is 7.47. The van der Waals surface area contributed by atoms with Crippen LogP contribution in [0.2, 0.25) is 0 Å². The summed E-state index contributed by atoms with van der Waals surface area (Å²) in [5.74, 6) is 1.81. The lowest BCUT2D eigenvalue weighted by molar-refractivity contribution is 0.414. The van der Waals surface area contributed by atoms with Gasteiger partial charge in [0.15, 0.2) is 5.82 Å². The number of anilines is 2. The molecule has 0 spiro atoms. The average Bonchev–Trinajstić information content (AvgIpc) is 2.72. The minimum absolute atomic E-state index is 0.460. The molecule has 1 heterocycles. The molecular formula is C13H19N5O. The van der Waals surface area contributed by atoms with Crippen LogP contribution in [-0.4, -0.2) is 23.4 Å². The van der Waals surface area contributed by atoms with Crippen molar-refractivity contribution in [2.24, 2.45) is 5.73 Å². The Bertz CT molecular complexity index is 547. The van der Waals surface area contributed by atoms with Crippen molar-refractivity contribution in [2.45, 2.75) is 12.8 Å². The normalized spacial score (nSPS) is 10.6. The van der Waals surface area contributed by atoms with Gasteiger partial charge >= 0.3 is 0 Å². The molecule has 6 heteroatoms. The second kappa shape index (κ2) is 5.62. The molecule has 0 saturated heterocycles. The highest BCUT2D eigenvalue weighted by molar-refractivity contribution is 5.58. The SMILES string of the molecule is COc1ccc(-n2nc(N)c(CCCN)c2N)cc1. The van der Waals surface area contributed by atoms with E-state index in [-0.39, 0.29) is 0 Å². The molecule has 2 aromatic rings. The van der Waals surface area contributed by atoms with Crippen LogP contribution in [0.5, 0.6) is 5.75 Å². The first-order valence-corrected chi connectivity index (χ1v) is 6.14. The number of nitrogen functional groups attached to an aromatic ring is 2. The molecule has 0 saturated carbocycles. The van der Waals surface area contributed by atoms with E-state index >= 15 is 0 Å². The third kappa shape index (κ3) is 2.63. The van der Waals surface area contributed by atoms with Crippen LogP contribution in [0, 0.1) is 0 Å². The summed E-state index contributed by atoms with van der Waals surface area (Å²) in [7, 11) is 1.63. The van der Waals surface area contributed by atoms with E-state index in [4.69, 9.17) is 21.9 Å². The van der Waals surface area contributed by atoms with Crippen LogP contribution in [0.25, 0.3) is 5.69 Å². The molecule has 0 radical (unpaired) electrons. The van der Waals surface area contributed by atoms with Crippen LogP contribution >= 0.6 is 0 Å². The standard InChI is InChI=1S/C13H19N5O/c1-19-10-6-4-9(5-7-10)18-13(16)11(3-2-8-14)12(15)17-18/h4-7H,2-3,8,14,16H2,1H3,(H2,15,17). The Morgan fingerprint density at radius 3 is 2.47 bits per heavy atom. The van der Waals surface area contributed by atoms with Gasteiger partial charge in [-0.3, -0.25) is 0 Å². The maximum absolute atomic E-state index is 6.10.